The van der Waals surface area contributed by atoms with Gasteiger partial charge in [-0.05, 0) is 35.5 Å². The Labute approximate surface area is 146 Å². The van der Waals surface area contributed by atoms with E-state index in [0.29, 0.717) is 23.7 Å². The molecular weight excluding hydrogens is 384 g/mol. The van der Waals surface area contributed by atoms with Crippen molar-refractivity contribution in [1.29, 1.82) is 0 Å². The summed E-state index contributed by atoms with van der Waals surface area (Å²) in [5.41, 5.74) is 0.403. The number of nitrogens with one attached hydrogen (secondary N) is 1. The van der Waals surface area contributed by atoms with Crippen molar-refractivity contribution in [2.24, 2.45) is 4.99 Å². The van der Waals surface area contributed by atoms with Gasteiger partial charge in [0.2, 0.25) is 0 Å². The van der Waals surface area contributed by atoms with Gasteiger partial charge in [0, 0.05) is 4.47 Å². The van der Waals surface area contributed by atoms with Crippen LogP contribution in [0.2, 0.25) is 0 Å². The third kappa shape index (κ3) is 3.60. The summed E-state index contributed by atoms with van der Waals surface area (Å²) in [6, 6.07) is 3.28. The molecule has 2 heterocycles. The Kier molecular flexibility index (Phi) is 5.05. The van der Waals surface area contributed by atoms with E-state index in [0.717, 1.165) is 27.6 Å². The smallest absolute Gasteiger partial charge is 0.289 e. The van der Waals surface area contributed by atoms with E-state index >= 15 is 0 Å². The van der Waals surface area contributed by atoms with Gasteiger partial charge < -0.3 is 14.6 Å². The van der Waals surface area contributed by atoms with E-state index in [1.54, 1.807) is 18.2 Å². The highest BCUT2D eigenvalue weighted by Gasteiger charge is 2.31. The zero-order chi connectivity index (χ0) is 16.4. The Hall–Kier alpha value is -1.35. The van der Waals surface area contributed by atoms with Crippen LogP contribution in [0, 0.1) is 0 Å². The number of carbonyl (C=O) groups excluding carboxylic acids is 1. The van der Waals surface area contributed by atoms with Crippen LogP contribution in [0.3, 0.4) is 0 Å². The minimum absolute atomic E-state index is 0.238. The van der Waals surface area contributed by atoms with Crippen molar-refractivity contribution in [3.05, 3.63) is 27.1 Å². The fourth-order valence-electron chi connectivity index (χ4n) is 2.38. The van der Waals surface area contributed by atoms with Gasteiger partial charge in [-0.1, -0.05) is 21.7 Å². The molecule has 0 atom stereocenters. The molecule has 1 aromatic carbocycles. The molecule has 0 bridgehead atoms. The lowest BCUT2D eigenvalue weighted by Gasteiger charge is -2.21. The molecule has 1 saturated heterocycles. The van der Waals surface area contributed by atoms with Crippen molar-refractivity contribution in [3.8, 4) is 11.5 Å². The number of methoxy groups -OCH3 is 1. The maximum absolute atomic E-state index is 12.3. The first kappa shape index (κ1) is 16.5. The monoisotopic (exact) mass is 398 g/mol. The Morgan fingerprint density at radius 2 is 2.17 bits per heavy atom. The largest absolute Gasteiger partial charge is 0.870 e. The van der Waals surface area contributed by atoms with Crippen LogP contribution in [-0.4, -0.2) is 44.5 Å². The number of quaternary nitrogens is 1. The van der Waals surface area contributed by atoms with Crippen molar-refractivity contribution in [3.63, 3.8) is 0 Å². The lowest BCUT2D eigenvalue weighted by Crippen LogP contribution is -3.15. The summed E-state index contributed by atoms with van der Waals surface area (Å²) < 4.78 is 11.1. The molecule has 2 aliphatic heterocycles. The minimum Gasteiger partial charge on any atom is -0.870 e. The molecule has 1 amide bonds. The van der Waals surface area contributed by atoms with Crippen molar-refractivity contribution in [2.75, 3.05) is 33.4 Å². The lowest BCUT2D eigenvalue weighted by molar-refractivity contribution is -0.812. The number of carbonyl (C=O) groups is 1. The molecule has 8 heteroatoms. The van der Waals surface area contributed by atoms with Gasteiger partial charge in [-0.15, -0.1) is 4.99 Å². The fourth-order valence-corrected chi connectivity index (χ4v) is 3.84. The molecule has 23 heavy (non-hydrogen) atoms. The molecular formula is C15H15BrN2O4S. The first-order valence-corrected chi connectivity index (χ1v) is 8.69. The Bertz CT molecular complexity index is 699. The summed E-state index contributed by atoms with van der Waals surface area (Å²) in [6.45, 7) is 2.92. The van der Waals surface area contributed by atoms with E-state index in [1.807, 2.05) is 0 Å². The average molecular weight is 399 g/mol. The molecule has 2 aliphatic rings. The maximum Gasteiger partial charge on any atom is 0.289 e. The predicted molar refractivity (Wildman–Crippen MR) is 89.7 cm³/mol. The number of amidine groups is 1. The van der Waals surface area contributed by atoms with Crippen LogP contribution in [0.1, 0.15) is 5.56 Å². The summed E-state index contributed by atoms with van der Waals surface area (Å²) in [4.78, 5) is 17.8. The number of hydrogen-bond acceptors (Lipinski definition) is 5. The van der Waals surface area contributed by atoms with Crippen molar-refractivity contribution < 1.29 is 24.3 Å². The second-order valence-electron chi connectivity index (χ2n) is 5.08. The average Bonchev–Trinajstić information content (AvgIpc) is 2.92. The topological polar surface area (TPSA) is 75.4 Å². The normalized spacial score (nSPS) is 20.9. The number of halogens is 1. The van der Waals surface area contributed by atoms with Gasteiger partial charge in [0.05, 0.1) is 25.2 Å². The van der Waals surface area contributed by atoms with Crippen molar-refractivity contribution >= 4 is 44.8 Å². The van der Waals surface area contributed by atoms with Crippen LogP contribution in [0.25, 0.3) is 6.08 Å². The highest BCUT2D eigenvalue weighted by atomic mass is 79.9. The second-order valence-corrected chi connectivity index (χ2v) is 7.02. The van der Waals surface area contributed by atoms with Gasteiger partial charge in [-0.2, -0.15) is 0 Å². The molecule has 0 aromatic heterocycles. The molecule has 0 aliphatic carbocycles. The van der Waals surface area contributed by atoms with E-state index in [2.05, 4.69) is 20.9 Å². The predicted octanol–water partition coefficient (Wildman–Crippen LogP) is 0.417. The van der Waals surface area contributed by atoms with E-state index < -0.39 is 0 Å². The third-order valence-electron chi connectivity index (χ3n) is 3.57. The van der Waals surface area contributed by atoms with E-state index in [4.69, 9.17) is 9.47 Å². The van der Waals surface area contributed by atoms with Crippen LogP contribution in [0.15, 0.2) is 26.5 Å². The summed E-state index contributed by atoms with van der Waals surface area (Å²) >= 11 is 4.66. The molecule has 1 fully saturated rings. The first-order valence-electron chi connectivity index (χ1n) is 7.08. The molecule has 1 N–H and O–H groups in total. The molecule has 122 valence electrons. The van der Waals surface area contributed by atoms with Crippen molar-refractivity contribution in [2.45, 2.75) is 0 Å². The zero-order valence-electron chi connectivity index (χ0n) is 12.4. The third-order valence-corrected chi connectivity index (χ3v) is 5.12. The number of hydrogen-bond donors (Lipinski definition) is 1. The second kappa shape index (κ2) is 7.04. The Balaban J connectivity index is 1.84. The van der Waals surface area contributed by atoms with Gasteiger partial charge in [0.15, 0.2) is 0 Å². The number of benzene rings is 1. The highest BCUT2D eigenvalue weighted by Crippen LogP contribution is 2.35. The number of morpholine rings is 1. The SMILES string of the molecule is COc1cc(Br)cc(/C=C2/SC([NH+]3CCOCC3)=NC2=O)c1[O-]. The molecule has 0 unspecified atom stereocenters. The van der Waals surface area contributed by atoms with Crippen LogP contribution >= 0.6 is 27.7 Å². The number of rotatable bonds is 2. The van der Waals surface area contributed by atoms with Crippen LogP contribution < -0.4 is 14.7 Å². The molecule has 6 nitrogen and oxygen atoms in total. The van der Waals surface area contributed by atoms with E-state index in [1.165, 1.54) is 18.9 Å². The maximum atomic E-state index is 12.3. The molecule has 0 spiro atoms. The Morgan fingerprint density at radius 3 is 2.87 bits per heavy atom. The lowest BCUT2D eigenvalue weighted by atomic mass is 10.1. The Morgan fingerprint density at radius 1 is 1.43 bits per heavy atom. The molecule has 1 aromatic rings. The summed E-state index contributed by atoms with van der Waals surface area (Å²) in [6.07, 6.45) is 1.58. The molecule has 0 radical (unpaired) electrons. The van der Waals surface area contributed by atoms with Crippen LogP contribution in [0.5, 0.6) is 11.5 Å². The highest BCUT2D eigenvalue weighted by molar-refractivity contribution is 9.10. The number of aliphatic imine (C=N–C) groups is 1. The summed E-state index contributed by atoms with van der Waals surface area (Å²) in [7, 11) is 1.44. The summed E-state index contributed by atoms with van der Waals surface area (Å²) in [5, 5.41) is 13.0. The van der Waals surface area contributed by atoms with Crippen LogP contribution in [-0.2, 0) is 9.53 Å². The zero-order valence-corrected chi connectivity index (χ0v) is 14.8. The molecule has 3 rings (SSSR count). The van der Waals surface area contributed by atoms with Gasteiger partial charge in [-0.3, -0.25) is 9.69 Å². The van der Waals surface area contributed by atoms with Gasteiger partial charge in [0.1, 0.15) is 18.8 Å². The van der Waals surface area contributed by atoms with Gasteiger partial charge in [-0.25, -0.2) is 0 Å². The summed E-state index contributed by atoms with van der Waals surface area (Å²) in [5.74, 6) is -0.312. The van der Waals surface area contributed by atoms with Gasteiger partial charge >= 0.3 is 0 Å². The number of amides is 1. The number of thioether (sulfide) groups is 1. The minimum atomic E-state index is -0.303. The number of ether oxygens (including phenoxy) is 2. The van der Waals surface area contributed by atoms with Gasteiger partial charge in [0.25, 0.3) is 11.1 Å². The first-order chi connectivity index (χ1) is 11.1. The van der Waals surface area contributed by atoms with E-state index in [9.17, 15) is 9.90 Å². The standard InChI is InChI=1S/C15H15BrN2O4S/c1-21-11-8-10(16)6-9(13(11)19)7-12-14(20)17-15(23-12)18-2-4-22-5-3-18/h6-8,19H,2-5H2,1H3/b12-7+. The van der Waals surface area contributed by atoms with Crippen molar-refractivity contribution in [1.82, 2.24) is 0 Å². The van der Waals surface area contributed by atoms with Crippen LogP contribution in [0.4, 0.5) is 0 Å². The number of nitrogens with zero attached hydrogens (tertiary/aromatic N) is 1. The fraction of sp³-hybridized carbons (Fsp3) is 0.333. The molecule has 0 saturated carbocycles. The van der Waals surface area contributed by atoms with E-state index in [-0.39, 0.29) is 17.4 Å². The quantitative estimate of drug-likeness (QED) is 0.730.